The van der Waals surface area contributed by atoms with Gasteiger partial charge >= 0.3 is 0 Å². The Balaban J connectivity index is 2.92. The van der Waals surface area contributed by atoms with Crippen molar-refractivity contribution in [3.63, 3.8) is 0 Å². The molecule has 0 atom stereocenters. The summed E-state index contributed by atoms with van der Waals surface area (Å²) in [5.74, 6) is -0.147. The quantitative estimate of drug-likeness (QED) is 0.888. The first-order chi connectivity index (χ1) is 8.27. The number of likely N-dealkylation sites (N-methyl/N-ethyl adjacent to an activating group) is 1. The topological polar surface area (TPSA) is 41.1 Å². The lowest BCUT2D eigenvalue weighted by atomic mass is 10.0. The van der Waals surface area contributed by atoms with Crippen molar-refractivity contribution in [3.05, 3.63) is 27.7 Å². The van der Waals surface area contributed by atoms with Crippen LogP contribution < -0.4 is 10.6 Å². The molecule has 1 amide bonds. The monoisotopic (exact) mass is 288 g/mol. The van der Waals surface area contributed by atoms with Gasteiger partial charge in [-0.2, -0.15) is 0 Å². The zero-order valence-electron chi connectivity index (χ0n) is 11.0. The van der Waals surface area contributed by atoms with Gasteiger partial charge in [0.1, 0.15) is 0 Å². The van der Waals surface area contributed by atoms with Crippen LogP contribution in [-0.4, -0.2) is 18.0 Å². The molecule has 0 saturated heterocycles. The van der Waals surface area contributed by atoms with Crippen LogP contribution in [0.2, 0.25) is 10.0 Å². The van der Waals surface area contributed by atoms with E-state index in [4.69, 9.17) is 23.2 Å². The van der Waals surface area contributed by atoms with Crippen LogP contribution in [0.1, 0.15) is 26.3 Å². The highest BCUT2D eigenvalue weighted by molar-refractivity contribution is 6.36. The Morgan fingerprint density at radius 1 is 1.28 bits per heavy atom. The summed E-state index contributed by atoms with van der Waals surface area (Å²) in [6.45, 7) is 8.15. The minimum Gasteiger partial charge on any atom is -0.323 e. The molecule has 0 aliphatic carbocycles. The highest BCUT2D eigenvalue weighted by Crippen LogP contribution is 2.29. The van der Waals surface area contributed by atoms with Gasteiger partial charge < -0.3 is 10.6 Å². The van der Waals surface area contributed by atoms with E-state index >= 15 is 0 Å². The summed E-state index contributed by atoms with van der Waals surface area (Å²) in [5, 5.41) is 6.95. The number of anilines is 1. The number of carbonyl (C=O) groups is 1. The number of aryl methyl sites for hydroxylation is 1. The maximum absolute atomic E-state index is 12.1. The SMILES string of the molecule is CCNC(C)(C)C(=O)Nc1cc(Cl)c(C)cc1Cl. The van der Waals surface area contributed by atoms with E-state index in [1.54, 1.807) is 12.1 Å². The average Bonchev–Trinajstić information content (AvgIpc) is 2.25. The molecule has 2 N–H and O–H groups in total. The molecule has 1 aromatic carbocycles. The lowest BCUT2D eigenvalue weighted by Crippen LogP contribution is -2.49. The number of amides is 1. The van der Waals surface area contributed by atoms with Crippen molar-refractivity contribution < 1.29 is 4.79 Å². The van der Waals surface area contributed by atoms with Gasteiger partial charge in [-0.1, -0.05) is 30.1 Å². The first kappa shape index (κ1) is 15.3. The summed E-state index contributed by atoms with van der Waals surface area (Å²) >= 11 is 12.1. The maximum Gasteiger partial charge on any atom is 0.244 e. The smallest absolute Gasteiger partial charge is 0.244 e. The third kappa shape index (κ3) is 3.61. The number of halogens is 2. The Morgan fingerprint density at radius 2 is 1.89 bits per heavy atom. The fraction of sp³-hybridized carbons (Fsp3) is 0.462. The molecule has 1 rings (SSSR count). The van der Waals surface area contributed by atoms with Gasteiger partial charge in [0.05, 0.1) is 16.2 Å². The standard InChI is InChI=1S/C13H18Cl2N2O/c1-5-16-13(3,4)12(18)17-11-7-9(14)8(2)6-10(11)15/h6-7,16H,5H2,1-4H3,(H,17,18). The highest BCUT2D eigenvalue weighted by atomic mass is 35.5. The first-order valence-corrected chi connectivity index (χ1v) is 6.55. The van der Waals surface area contributed by atoms with Gasteiger partial charge in [0.15, 0.2) is 0 Å². The van der Waals surface area contributed by atoms with Gasteiger partial charge in [0.25, 0.3) is 0 Å². The Hall–Kier alpha value is -0.770. The van der Waals surface area contributed by atoms with E-state index in [2.05, 4.69) is 10.6 Å². The second-order valence-corrected chi connectivity index (χ2v) is 5.51. The summed E-state index contributed by atoms with van der Waals surface area (Å²) in [5.41, 5.74) is 0.754. The molecule has 18 heavy (non-hydrogen) atoms. The fourth-order valence-electron chi connectivity index (χ4n) is 1.54. The van der Waals surface area contributed by atoms with Crippen LogP contribution in [-0.2, 0) is 4.79 Å². The predicted molar refractivity (Wildman–Crippen MR) is 77.6 cm³/mol. The molecular weight excluding hydrogens is 271 g/mol. The summed E-state index contributed by atoms with van der Waals surface area (Å²) in [4.78, 5) is 12.1. The van der Waals surface area contributed by atoms with Crippen LogP contribution in [0.5, 0.6) is 0 Å². The number of nitrogens with one attached hydrogen (secondary N) is 2. The van der Waals surface area contributed by atoms with Crippen molar-refractivity contribution in [2.75, 3.05) is 11.9 Å². The van der Waals surface area contributed by atoms with E-state index in [1.165, 1.54) is 0 Å². The van der Waals surface area contributed by atoms with E-state index in [-0.39, 0.29) is 5.91 Å². The second-order valence-electron chi connectivity index (χ2n) is 4.69. The fourth-order valence-corrected chi connectivity index (χ4v) is 1.97. The first-order valence-electron chi connectivity index (χ1n) is 5.80. The van der Waals surface area contributed by atoms with Gasteiger partial charge in [-0.25, -0.2) is 0 Å². The van der Waals surface area contributed by atoms with Crippen molar-refractivity contribution in [3.8, 4) is 0 Å². The molecular formula is C13H18Cl2N2O. The van der Waals surface area contributed by atoms with E-state index in [0.29, 0.717) is 22.3 Å². The number of rotatable bonds is 4. The summed E-state index contributed by atoms with van der Waals surface area (Å²) in [6, 6.07) is 3.40. The minimum absolute atomic E-state index is 0.147. The molecule has 0 heterocycles. The number of hydrogen-bond acceptors (Lipinski definition) is 2. The van der Waals surface area contributed by atoms with Gasteiger partial charge in [-0.3, -0.25) is 4.79 Å². The van der Waals surface area contributed by atoms with Crippen molar-refractivity contribution in [1.82, 2.24) is 5.32 Å². The van der Waals surface area contributed by atoms with E-state index in [1.807, 2.05) is 27.7 Å². The number of benzene rings is 1. The van der Waals surface area contributed by atoms with Crippen LogP contribution in [0, 0.1) is 6.92 Å². The third-order valence-electron chi connectivity index (χ3n) is 2.68. The molecule has 0 aromatic heterocycles. The zero-order chi connectivity index (χ0) is 13.9. The number of carbonyl (C=O) groups excluding carboxylic acids is 1. The van der Waals surface area contributed by atoms with Crippen LogP contribution in [0.3, 0.4) is 0 Å². The van der Waals surface area contributed by atoms with Gasteiger partial charge in [0.2, 0.25) is 5.91 Å². The van der Waals surface area contributed by atoms with Crippen molar-refractivity contribution in [2.45, 2.75) is 33.2 Å². The normalized spacial score (nSPS) is 11.4. The molecule has 1 aromatic rings. The second kappa shape index (κ2) is 5.91. The maximum atomic E-state index is 12.1. The van der Waals surface area contributed by atoms with Crippen molar-refractivity contribution in [1.29, 1.82) is 0 Å². The van der Waals surface area contributed by atoms with Crippen LogP contribution in [0.25, 0.3) is 0 Å². The van der Waals surface area contributed by atoms with Crippen molar-refractivity contribution in [2.24, 2.45) is 0 Å². The van der Waals surface area contributed by atoms with E-state index in [0.717, 1.165) is 5.56 Å². The molecule has 3 nitrogen and oxygen atoms in total. The summed E-state index contributed by atoms with van der Waals surface area (Å²) in [6.07, 6.45) is 0. The van der Waals surface area contributed by atoms with Crippen molar-refractivity contribution >= 4 is 34.8 Å². The Morgan fingerprint density at radius 3 is 2.44 bits per heavy atom. The third-order valence-corrected chi connectivity index (χ3v) is 3.40. The molecule has 0 aliphatic rings. The molecule has 0 radical (unpaired) electrons. The van der Waals surface area contributed by atoms with Crippen LogP contribution in [0.4, 0.5) is 5.69 Å². The van der Waals surface area contributed by atoms with Gasteiger partial charge in [-0.05, 0) is 45.0 Å². The Bertz CT molecular complexity index is 459. The molecule has 0 spiro atoms. The molecule has 0 saturated carbocycles. The summed E-state index contributed by atoms with van der Waals surface area (Å²) < 4.78 is 0. The molecule has 0 fully saturated rings. The minimum atomic E-state index is -0.657. The Labute approximate surface area is 118 Å². The molecule has 100 valence electrons. The number of hydrogen-bond donors (Lipinski definition) is 2. The highest BCUT2D eigenvalue weighted by Gasteiger charge is 2.26. The zero-order valence-corrected chi connectivity index (χ0v) is 12.5. The molecule has 0 aliphatic heterocycles. The molecule has 0 unspecified atom stereocenters. The molecule has 5 heteroatoms. The summed E-state index contributed by atoms with van der Waals surface area (Å²) in [7, 11) is 0. The van der Waals surface area contributed by atoms with Gasteiger partial charge in [-0.15, -0.1) is 0 Å². The van der Waals surface area contributed by atoms with Gasteiger partial charge in [0, 0.05) is 5.02 Å². The lowest BCUT2D eigenvalue weighted by Gasteiger charge is -2.24. The predicted octanol–water partition coefficient (Wildman–Crippen LogP) is 3.63. The van der Waals surface area contributed by atoms with Crippen LogP contribution in [0.15, 0.2) is 12.1 Å². The Kier molecular flexibility index (Phi) is 5.02. The molecule has 0 bridgehead atoms. The van der Waals surface area contributed by atoms with Crippen LogP contribution >= 0.6 is 23.2 Å². The average molecular weight is 289 g/mol. The lowest BCUT2D eigenvalue weighted by molar-refractivity contribution is -0.121. The largest absolute Gasteiger partial charge is 0.323 e. The van der Waals surface area contributed by atoms with E-state index in [9.17, 15) is 4.79 Å². The van der Waals surface area contributed by atoms with E-state index < -0.39 is 5.54 Å².